The number of benzene rings is 1. The molecule has 1 unspecified atom stereocenters. The molecule has 0 bridgehead atoms. The highest BCUT2D eigenvalue weighted by Crippen LogP contribution is 2.46. The maximum atomic E-state index is 5.48. The largest absolute Gasteiger partial charge is 0.496 e. The Morgan fingerprint density at radius 3 is 2.72 bits per heavy atom. The second-order valence-corrected chi connectivity index (χ2v) is 6.51. The van der Waals surface area contributed by atoms with Crippen molar-refractivity contribution in [2.24, 2.45) is 0 Å². The standard InChI is InChI=1S/C15H23NOS/c1-11-5-6-13(14(9-11)17-3)12(2)16-10-15(18-4)7-8-15/h5-6,9,12,16H,7-8,10H2,1-4H3. The fraction of sp³-hybridized carbons (Fsp3) is 0.600. The van der Waals surface area contributed by atoms with E-state index in [0.717, 1.165) is 12.3 Å². The van der Waals surface area contributed by atoms with E-state index in [4.69, 9.17) is 4.74 Å². The van der Waals surface area contributed by atoms with Crippen LogP contribution < -0.4 is 10.1 Å². The highest BCUT2D eigenvalue weighted by Gasteiger charge is 2.41. The number of hydrogen-bond acceptors (Lipinski definition) is 3. The van der Waals surface area contributed by atoms with Crippen molar-refractivity contribution in [3.05, 3.63) is 29.3 Å². The first-order chi connectivity index (χ1) is 8.60. The van der Waals surface area contributed by atoms with Gasteiger partial charge in [-0.1, -0.05) is 12.1 Å². The molecule has 1 aliphatic rings. The summed E-state index contributed by atoms with van der Waals surface area (Å²) in [5.41, 5.74) is 2.49. The Morgan fingerprint density at radius 2 is 2.17 bits per heavy atom. The summed E-state index contributed by atoms with van der Waals surface area (Å²) in [4.78, 5) is 0. The van der Waals surface area contributed by atoms with E-state index in [1.54, 1.807) is 7.11 Å². The van der Waals surface area contributed by atoms with E-state index in [-0.39, 0.29) is 0 Å². The molecule has 2 nitrogen and oxygen atoms in total. The molecule has 0 aliphatic heterocycles. The summed E-state index contributed by atoms with van der Waals surface area (Å²) >= 11 is 1.99. The third-order valence-electron chi connectivity index (χ3n) is 3.83. The van der Waals surface area contributed by atoms with Gasteiger partial charge in [-0.2, -0.15) is 11.8 Å². The van der Waals surface area contributed by atoms with E-state index >= 15 is 0 Å². The lowest BCUT2D eigenvalue weighted by Gasteiger charge is -2.21. The quantitative estimate of drug-likeness (QED) is 0.850. The number of hydrogen-bond donors (Lipinski definition) is 1. The second kappa shape index (κ2) is 5.54. The molecule has 0 radical (unpaired) electrons. The average Bonchev–Trinajstić information content (AvgIpc) is 3.16. The Labute approximate surface area is 114 Å². The fourth-order valence-corrected chi connectivity index (χ4v) is 2.96. The molecule has 1 atom stereocenters. The Bertz CT molecular complexity index is 415. The summed E-state index contributed by atoms with van der Waals surface area (Å²) in [6, 6.07) is 6.77. The molecule has 0 spiro atoms. The molecule has 1 aromatic rings. The lowest BCUT2D eigenvalue weighted by Crippen LogP contribution is -2.28. The molecule has 1 N–H and O–H groups in total. The number of ether oxygens (including phenoxy) is 1. The van der Waals surface area contributed by atoms with E-state index in [0.29, 0.717) is 10.8 Å². The molecular formula is C15H23NOS. The third kappa shape index (κ3) is 3.01. The zero-order valence-electron chi connectivity index (χ0n) is 11.7. The van der Waals surface area contributed by atoms with Gasteiger partial charge in [-0.05, 0) is 44.6 Å². The van der Waals surface area contributed by atoms with Crippen molar-refractivity contribution in [1.29, 1.82) is 0 Å². The minimum atomic E-state index is 0.338. The summed E-state index contributed by atoms with van der Waals surface area (Å²) < 4.78 is 5.98. The van der Waals surface area contributed by atoms with Gasteiger partial charge in [0.05, 0.1) is 7.11 Å². The number of aryl methyl sites for hydroxylation is 1. The number of nitrogens with one attached hydrogen (secondary N) is 1. The number of thioether (sulfide) groups is 1. The minimum absolute atomic E-state index is 0.338. The van der Waals surface area contributed by atoms with E-state index in [9.17, 15) is 0 Å². The molecule has 1 aliphatic carbocycles. The lowest BCUT2D eigenvalue weighted by atomic mass is 10.0. The molecule has 0 aromatic heterocycles. The first-order valence-corrected chi connectivity index (χ1v) is 7.76. The monoisotopic (exact) mass is 265 g/mol. The van der Waals surface area contributed by atoms with Gasteiger partial charge in [0.1, 0.15) is 5.75 Å². The van der Waals surface area contributed by atoms with Crippen molar-refractivity contribution in [3.8, 4) is 5.75 Å². The van der Waals surface area contributed by atoms with Crippen molar-refractivity contribution >= 4 is 11.8 Å². The predicted molar refractivity (Wildman–Crippen MR) is 79.6 cm³/mol. The van der Waals surface area contributed by atoms with Crippen LogP contribution >= 0.6 is 11.8 Å². The summed E-state index contributed by atoms with van der Waals surface area (Å²) in [7, 11) is 1.75. The van der Waals surface area contributed by atoms with Crippen LogP contribution in [-0.4, -0.2) is 24.7 Å². The normalized spacial score (nSPS) is 18.4. The molecule has 1 saturated carbocycles. The average molecular weight is 265 g/mol. The number of rotatable bonds is 6. The highest BCUT2D eigenvalue weighted by atomic mass is 32.2. The topological polar surface area (TPSA) is 21.3 Å². The Kier molecular flexibility index (Phi) is 4.23. The van der Waals surface area contributed by atoms with Crippen LogP contribution in [0.1, 0.15) is 36.9 Å². The third-order valence-corrected chi connectivity index (χ3v) is 5.25. The fourth-order valence-electron chi connectivity index (χ4n) is 2.22. The van der Waals surface area contributed by atoms with Crippen molar-refractivity contribution < 1.29 is 4.74 Å². The van der Waals surface area contributed by atoms with Gasteiger partial charge < -0.3 is 10.1 Å². The molecule has 0 amide bonds. The van der Waals surface area contributed by atoms with Gasteiger partial charge >= 0.3 is 0 Å². The summed E-state index contributed by atoms with van der Waals surface area (Å²) in [5, 5.41) is 3.65. The SMILES string of the molecule is COc1cc(C)ccc1C(C)NCC1(SC)CC1. The van der Waals surface area contributed by atoms with E-state index < -0.39 is 0 Å². The first-order valence-electron chi connectivity index (χ1n) is 6.53. The molecule has 18 heavy (non-hydrogen) atoms. The van der Waals surface area contributed by atoms with Crippen molar-refractivity contribution in [3.63, 3.8) is 0 Å². The van der Waals surface area contributed by atoms with Crippen LogP contribution in [0.25, 0.3) is 0 Å². The molecule has 100 valence electrons. The summed E-state index contributed by atoms with van der Waals surface area (Å²) in [6.07, 6.45) is 4.91. The summed E-state index contributed by atoms with van der Waals surface area (Å²) in [5.74, 6) is 0.990. The molecule has 2 rings (SSSR count). The van der Waals surface area contributed by atoms with Gasteiger partial charge in [-0.25, -0.2) is 0 Å². The van der Waals surface area contributed by atoms with Crippen LogP contribution in [0, 0.1) is 6.92 Å². The van der Waals surface area contributed by atoms with Crippen LogP contribution in [0.3, 0.4) is 0 Å². The lowest BCUT2D eigenvalue weighted by molar-refractivity contribution is 0.401. The van der Waals surface area contributed by atoms with E-state index in [1.807, 2.05) is 11.8 Å². The zero-order chi connectivity index (χ0) is 13.2. The van der Waals surface area contributed by atoms with Crippen molar-refractivity contribution in [2.45, 2.75) is 37.5 Å². The highest BCUT2D eigenvalue weighted by molar-refractivity contribution is 8.00. The van der Waals surface area contributed by atoms with Crippen molar-refractivity contribution in [1.82, 2.24) is 5.32 Å². The van der Waals surface area contributed by atoms with Crippen LogP contribution in [0.5, 0.6) is 5.75 Å². The second-order valence-electron chi connectivity index (χ2n) is 5.24. The Morgan fingerprint density at radius 1 is 1.44 bits per heavy atom. The van der Waals surface area contributed by atoms with Crippen LogP contribution in [0.2, 0.25) is 0 Å². The molecular weight excluding hydrogens is 242 g/mol. The zero-order valence-corrected chi connectivity index (χ0v) is 12.6. The van der Waals surface area contributed by atoms with Gasteiger partial charge in [0.15, 0.2) is 0 Å². The van der Waals surface area contributed by atoms with Gasteiger partial charge in [0.25, 0.3) is 0 Å². The maximum Gasteiger partial charge on any atom is 0.123 e. The van der Waals surface area contributed by atoms with E-state index in [2.05, 4.69) is 43.6 Å². The molecule has 0 saturated heterocycles. The minimum Gasteiger partial charge on any atom is -0.496 e. The molecule has 0 heterocycles. The van der Waals surface area contributed by atoms with Crippen molar-refractivity contribution in [2.75, 3.05) is 19.9 Å². The van der Waals surface area contributed by atoms with Gasteiger partial charge in [-0.15, -0.1) is 0 Å². The smallest absolute Gasteiger partial charge is 0.123 e. The van der Waals surface area contributed by atoms with Gasteiger partial charge in [-0.3, -0.25) is 0 Å². The first kappa shape index (κ1) is 13.8. The predicted octanol–water partition coefficient (Wildman–Crippen LogP) is 3.55. The molecule has 1 aromatic carbocycles. The van der Waals surface area contributed by atoms with Crippen LogP contribution in [-0.2, 0) is 0 Å². The maximum absolute atomic E-state index is 5.48. The Hall–Kier alpha value is -0.670. The van der Waals surface area contributed by atoms with E-state index in [1.165, 1.54) is 24.0 Å². The van der Waals surface area contributed by atoms with Gasteiger partial charge in [0.2, 0.25) is 0 Å². The molecule has 3 heteroatoms. The van der Waals surface area contributed by atoms with Crippen LogP contribution in [0.15, 0.2) is 18.2 Å². The summed E-state index contributed by atoms with van der Waals surface area (Å²) in [6.45, 7) is 5.40. The molecule has 1 fully saturated rings. The number of methoxy groups -OCH3 is 1. The van der Waals surface area contributed by atoms with Gasteiger partial charge in [0, 0.05) is 22.9 Å². The van der Waals surface area contributed by atoms with Crippen LogP contribution in [0.4, 0.5) is 0 Å². The Balaban J connectivity index is 2.02.